The van der Waals surface area contributed by atoms with E-state index in [1.165, 1.54) is 30.6 Å². The second-order valence-corrected chi connectivity index (χ2v) is 6.09. The quantitative estimate of drug-likeness (QED) is 0.543. The molecular weight excluding hydrogens is 390 g/mol. The zero-order valence-electron chi connectivity index (χ0n) is 14.5. The van der Waals surface area contributed by atoms with Gasteiger partial charge in [-0.2, -0.15) is 31.4 Å². The van der Waals surface area contributed by atoms with E-state index < -0.39 is 30.9 Å². The number of aryl methyl sites for hydroxylation is 2. The van der Waals surface area contributed by atoms with E-state index in [-0.39, 0.29) is 29.2 Å². The van der Waals surface area contributed by atoms with Crippen LogP contribution in [0.25, 0.3) is 10.9 Å². The predicted molar refractivity (Wildman–Crippen MR) is 86.9 cm³/mol. The van der Waals surface area contributed by atoms with E-state index >= 15 is 0 Å². The third kappa shape index (κ3) is 4.52. The lowest BCUT2D eigenvalue weighted by atomic mass is 10.2. The van der Waals surface area contributed by atoms with Crippen LogP contribution >= 0.6 is 0 Å². The summed E-state index contributed by atoms with van der Waals surface area (Å²) in [4.78, 5) is 7.85. The van der Waals surface area contributed by atoms with Crippen molar-refractivity contribution in [3.63, 3.8) is 0 Å². The van der Waals surface area contributed by atoms with Crippen molar-refractivity contribution in [2.45, 2.75) is 38.7 Å². The van der Waals surface area contributed by atoms with Crippen molar-refractivity contribution in [1.82, 2.24) is 19.7 Å². The average molecular weight is 404 g/mol. The first-order valence-corrected chi connectivity index (χ1v) is 8.14. The van der Waals surface area contributed by atoms with Gasteiger partial charge in [-0.15, -0.1) is 0 Å². The topological polar surface area (TPSA) is 52.8 Å². The highest BCUT2D eigenvalue weighted by molar-refractivity contribution is 5.88. The Labute approximate surface area is 155 Å². The molecule has 0 aliphatic heterocycles. The molecule has 5 nitrogen and oxygen atoms in total. The fourth-order valence-electron chi connectivity index (χ4n) is 2.62. The smallest absolute Gasteiger partial charge is 0.422 e. The molecule has 0 radical (unpaired) electrons. The van der Waals surface area contributed by atoms with Gasteiger partial charge < -0.3 is 4.74 Å². The van der Waals surface area contributed by atoms with Gasteiger partial charge in [0.05, 0.1) is 0 Å². The van der Waals surface area contributed by atoms with Crippen LogP contribution in [0.5, 0.6) is 11.8 Å². The van der Waals surface area contributed by atoms with E-state index in [9.17, 15) is 26.3 Å². The Morgan fingerprint density at radius 1 is 1.04 bits per heavy atom. The summed E-state index contributed by atoms with van der Waals surface area (Å²) in [5.74, 6) is -0.0311. The van der Waals surface area contributed by atoms with Gasteiger partial charge in [-0.25, -0.2) is 9.97 Å². The van der Waals surface area contributed by atoms with Crippen LogP contribution in [0.15, 0.2) is 30.6 Å². The van der Waals surface area contributed by atoms with Crippen LogP contribution < -0.4 is 4.74 Å². The van der Waals surface area contributed by atoms with Gasteiger partial charge in [-0.05, 0) is 25.0 Å². The molecule has 0 aliphatic carbocycles. The second-order valence-electron chi connectivity index (χ2n) is 6.09. The van der Waals surface area contributed by atoms with E-state index in [1.54, 1.807) is 6.92 Å². The van der Waals surface area contributed by atoms with Crippen molar-refractivity contribution >= 4 is 10.9 Å². The molecule has 2 heterocycles. The number of hydrogen-bond donors (Lipinski definition) is 0. The van der Waals surface area contributed by atoms with Gasteiger partial charge in [-0.3, -0.25) is 4.68 Å². The normalized spacial score (nSPS) is 12.5. The Morgan fingerprint density at radius 2 is 1.71 bits per heavy atom. The number of fused-ring (bicyclic) bond motifs is 1. The van der Waals surface area contributed by atoms with E-state index in [0.29, 0.717) is 0 Å². The van der Waals surface area contributed by atoms with E-state index in [0.717, 1.165) is 10.2 Å². The molecule has 0 N–H and O–H groups in total. The minimum atomic E-state index is -4.77. The Bertz CT molecular complexity index is 963. The van der Waals surface area contributed by atoms with Gasteiger partial charge in [0.1, 0.15) is 5.52 Å². The molecular formula is C17H14F6N4O. The maximum atomic E-state index is 13.3. The molecule has 0 amide bonds. The average Bonchev–Trinajstić information content (AvgIpc) is 2.96. The number of halogens is 6. The molecule has 0 saturated carbocycles. The molecule has 2 aromatic heterocycles. The Balaban J connectivity index is 2.03. The van der Waals surface area contributed by atoms with Crippen LogP contribution in [0.4, 0.5) is 26.3 Å². The molecule has 3 aromatic rings. The van der Waals surface area contributed by atoms with Gasteiger partial charge in [-0.1, -0.05) is 12.1 Å². The van der Waals surface area contributed by atoms with Crippen molar-refractivity contribution in [3.05, 3.63) is 41.9 Å². The van der Waals surface area contributed by atoms with Crippen molar-refractivity contribution in [1.29, 1.82) is 0 Å². The molecule has 0 fully saturated rings. The standard InChI is InChI=1S/C17H14F6N4O/c1-10-8-24-15(25-9-10)28-12-5-2-4-11-13(12)27(7-3-6-16(18,19)20)26-14(11)17(21,22)23/h2,4-5,8-9H,3,6-7H2,1H3. The van der Waals surface area contributed by atoms with E-state index in [1.807, 2.05) is 0 Å². The highest BCUT2D eigenvalue weighted by Crippen LogP contribution is 2.38. The number of rotatable bonds is 5. The lowest BCUT2D eigenvalue weighted by Gasteiger charge is -2.10. The largest absolute Gasteiger partial charge is 0.435 e. The van der Waals surface area contributed by atoms with Crippen LogP contribution in [-0.4, -0.2) is 25.9 Å². The van der Waals surface area contributed by atoms with Crippen molar-refractivity contribution in [2.24, 2.45) is 0 Å². The molecule has 0 aliphatic rings. The molecule has 0 saturated heterocycles. The first-order chi connectivity index (χ1) is 13.0. The predicted octanol–water partition coefficient (Wildman–Crippen LogP) is 5.29. The molecule has 0 spiro atoms. The van der Waals surface area contributed by atoms with Crippen molar-refractivity contribution in [2.75, 3.05) is 0 Å². The molecule has 1 aromatic carbocycles. The zero-order chi connectivity index (χ0) is 20.5. The lowest BCUT2D eigenvalue weighted by Crippen LogP contribution is -2.11. The Morgan fingerprint density at radius 3 is 2.32 bits per heavy atom. The van der Waals surface area contributed by atoms with Crippen LogP contribution in [0.1, 0.15) is 24.1 Å². The molecule has 11 heteroatoms. The van der Waals surface area contributed by atoms with Crippen molar-refractivity contribution in [3.8, 4) is 11.8 Å². The summed E-state index contributed by atoms with van der Waals surface area (Å²) in [6.07, 6.45) is -7.82. The minimum Gasteiger partial charge on any atom is -0.422 e. The summed E-state index contributed by atoms with van der Waals surface area (Å²) in [5, 5.41) is 3.23. The third-order valence-corrected chi connectivity index (χ3v) is 3.79. The Hall–Kier alpha value is -2.85. The molecule has 0 unspecified atom stereocenters. The lowest BCUT2D eigenvalue weighted by molar-refractivity contribution is -0.141. The SMILES string of the molecule is Cc1cnc(Oc2cccc3c(C(F)(F)F)nn(CCCC(F)(F)F)c23)nc1. The number of nitrogens with zero attached hydrogens (tertiary/aromatic N) is 4. The van der Waals surface area contributed by atoms with Gasteiger partial charge in [0.15, 0.2) is 11.4 Å². The molecule has 3 rings (SSSR count). The van der Waals surface area contributed by atoms with Gasteiger partial charge in [0, 0.05) is 30.7 Å². The van der Waals surface area contributed by atoms with Gasteiger partial charge in [0.25, 0.3) is 0 Å². The van der Waals surface area contributed by atoms with Gasteiger partial charge in [0.2, 0.25) is 0 Å². The number of aromatic nitrogens is 4. The Kier molecular flexibility index (Phi) is 5.18. The third-order valence-electron chi connectivity index (χ3n) is 3.79. The van der Waals surface area contributed by atoms with E-state index in [4.69, 9.17) is 4.74 Å². The van der Waals surface area contributed by atoms with Crippen LogP contribution in [0.2, 0.25) is 0 Å². The number of benzene rings is 1. The second kappa shape index (κ2) is 7.28. The monoisotopic (exact) mass is 404 g/mol. The fraction of sp³-hybridized carbons (Fsp3) is 0.353. The maximum Gasteiger partial charge on any atom is 0.435 e. The van der Waals surface area contributed by atoms with Crippen LogP contribution in [0.3, 0.4) is 0 Å². The zero-order valence-corrected chi connectivity index (χ0v) is 14.5. The molecule has 150 valence electrons. The molecule has 0 bridgehead atoms. The molecule has 0 atom stereocenters. The first kappa shape index (κ1) is 19.9. The summed E-state index contributed by atoms with van der Waals surface area (Å²) in [7, 11) is 0. The number of ether oxygens (including phenoxy) is 1. The highest BCUT2D eigenvalue weighted by Gasteiger charge is 2.37. The molecule has 28 heavy (non-hydrogen) atoms. The highest BCUT2D eigenvalue weighted by atomic mass is 19.4. The fourth-order valence-corrected chi connectivity index (χ4v) is 2.62. The maximum absolute atomic E-state index is 13.3. The van der Waals surface area contributed by atoms with Gasteiger partial charge >= 0.3 is 18.4 Å². The number of alkyl halides is 6. The first-order valence-electron chi connectivity index (χ1n) is 8.14. The van der Waals surface area contributed by atoms with Crippen molar-refractivity contribution < 1.29 is 31.1 Å². The van der Waals surface area contributed by atoms with Crippen LogP contribution in [-0.2, 0) is 12.7 Å². The van der Waals surface area contributed by atoms with Crippen LogP contribution in [0, 0.1) is 6.92 Å². The number of hydrogen-bond acceptors (Lipinski definition) is 4. The summed E-state index contributed by atoms with van der Waals surface area (Å²) < 4.78 is 83.6. The number of para-hydroxylation sites is 1. The summed E-state index contributed by atoms with van der Waals surface area (Å²) in [6.45, 7) is 1.39. The summed E-state index contributed by atoms with van der Waals surface area (Å²) in [6, 6.07) is 3.81. The minimum absolute atomic E-state index is 0.0311. The summed E-state index contributed by atoms with van der Waals surface area (Å²) >= 11 is 0. The summed E-state index contributed by atoms with van der Waals surface area (Å²) in [5.41, 5.74) is -0.506. The van der Waals surface area contributed by atoms with E-state index in [2.05, 4.69) is 15.1 Å².